The maximum absolute atomic E-state index is 12.3. The van der Waals surface area contributed by atoms with Crippen LogP contribution in [0.3, 0.4) is 0 Å². The van der Waals surface area contributed by atoms with E-state index in [1.807, 2.05) is 0 Å². The van der Waals surface area contributed by atoms with Gasteiger partial charge in [0, 0.05) is 5.56 Å². The van der Waals surface area contributed by atoms with E-state index in [2.05, 4.69) is 30.7 Å². The van der Waals surface area contributed by atoms with Gasteiger partial charge >= 0.3 is 75.4 Å². The molecule has 0 aliphatic carbocycles. The third-order valence-corrected chi connectivity index (χ3v) is 10.6. The van der Waals surface area contributed by atoms with Gasteiger partial charge in [-0.2, -0.15) is 20.5 Å². The number of azo groups is 3. The molecular formula is C35H26Li4N8O12S3. The Labute approximate surface area is 403 Å². The normalized spacial score (nSPS) is 11.9. The standard InChI is InChI=1S/C35H30N8O12S3.4Li/c1-18-14-28(42-38-22-9-11-26(12-10-22)56(47,48)49)32(37)33(31(18)36)43-40-24-8-6-21(30(17-24)58(53,54)55)4-3-20-5-7-23(16-29(20)57(50,51)52)39-41-25-13-19(2)34(44)27(15-25)35(45)46;;;;/h3-17,44H,36-37H2,1-2H3,(H,45,46)(H,47,48,49)(H,50,51,52)(H,53,54,55);;;;/q;4*+1/p-4/b4-3+,41-39?,42-38?,43-40?;;;;. The predicted octanol–water partition coefficient (Wildman–Crippen LogP) is -6.32. The first-order chi connectivity index (χ1) is 27.0. The molecule has 0 radical (unpaired) electrons. The van der Waals surface area contributed by atoms with Crippen LogP contribution in [0.4, 0.5) is 45.5 Å². The van der Waals surface area contributed by atoms with Gasteiger partial charge in [-0.25, -0.2) is 25.3 Å². The molecule has 0 fully saturated rings. The van der Waals surface area contributed by atoms with Crippen LogP contribution >= 0.6 is 0 Å². The quantitative estimate of drug-likeness (QED) is 0.0345. The number of carboxylic acid groups (broad SMARTS) is 1. The number of anilines is 2. The summed E-state index contributed by atoms with van der Waals surface area (Å²) in [6.07, 6.45) is 2.13. The molecule has 0 amide bonds. The van der Waals surface area contributed by atoms with E-state index in [-0.39, 0.29) is 138 Å². The van der Waals surface area contributed by atoms with Crippen LogP contribution in [-0.2, 0) is 30.4 Å². The Morgan fingerprint density at radius 3 is 1.48 bits per heavy atom. The van der Waals surface area contributed by atoms with Crippen molar-refractivity contribution in [2.45, 2.75) is 28.5 Å². The second-order valence-electron chi connectivity index (χ2n) is 12.1. The van der Waals surface area contributed by atoms with Gasteiger partial charge in [0.1, 0.15) is 47.5 Å². The summed E-state index contributed by atoms with van der Waals surface area (Å²) in [4.78, 5) is 9.25. The number of nitrogen functional groups attached to an aromatic ring is 2. The third kappa shape index (κ3) is 13.8. The Hall–Kier alpha value is -4.37. The number of aromatic carboxylic acids is 1. The topological polar surface area (TPSA) is 358 Å². The van der Waals surface area contributed by atoms with Crippen molar-refractivity contribution in [1.29, 1.82) is 0 Å². The van der Waals surface area contributed by atoms with Crippen LogP contribution in [0, 0.1) is 13.8 Å². The number of carboxylic acids is 1. The minimum Gasteiger partial charge on any atom is -0.744 e. The second kappa shape index (κ2) is 22.3. The van der Waals surface area contributed by atoms with Crippen molar-refractivity contribution in [2.75, 3.05) is 11.5 Å². The van der Waals surface area contributed by atoms with Gasteiger partial charge in [-0.1, -0.05) is 24.3 Å². The molecule has 27 heteroatoms. The summed E-state index contributed by atoms with van der Waals surface area (Å²) in [6.45, 7) is 3.00. The molecule has 0 aliphatic heterocycles. The average molecular weight is 875 g/mol. The summed E-state index contributed by atoms with van der Waals surface area (Å²) in [5, 5.41) is 44.9. The molecule has 0 saturated heterocycles. The van der Waals surface area contributed by atoms with Gasteiger partial charge in [-0.05, 0) is 103 Å². The first-order valence-electron chi connectivity index (χ1n) is 16.0. The van der Waals surface area contributed by atoms with Crippen LogP contribution in [-0.4, -0.2) is 50.0 Å². The maximum atomic E-state index is 12.3. The Kier molecular flexibility index (Phi) is 20.0. The summed E-state index contributed by atoms with van der Waals surface area (Å²) in [7, 11) is -15.1. The molecule has 5 aromatic rings. The molecule has 0 unspecified atom stereocenters. The fourth-order valence-corrected chi connectivity index (χ4v) is 6.90. The van der Waals surface area contributed by atoms with E-state index in [0.717, 1.165) is 54.6 Å². The number of hydrogen-bond acceptors (Lipinski definition) is 20. The number of aromatic hydroxyl groups is 1. The van der Waals surface area contributed by atoms with Gasteiger partial charge in [-0.15, -0.1) is 10.2 Å². The summed E-state index contributed by atoms with van der Waals surface area (Å²) in [6, 6.07) is 14.9. The zero-order chi connectivity index (χ0) is 42.7. The van der Waals surface area contributed by atoms with E-state index >= 15 is 0 Å². The van der Waals surface area contributed by atoms with Crippen molar-refractivity contribution < 1.29 is 129 Å². The van der Waals surface area contributed by atoms with Crippen LogP contribution in [0.5, 0.6) is 5.75 Å². The number of carbonyl (C=O) groups excluding carboxylic acids is 1. The van der Waals surface area contributed by atoms with Crippen LogP contribution in [0.2, 0.25) is 0 Å². The maximum Gasteiger partial charge on any atom is 1.00 e. The van der Waals surface area contributed by atoms with Gasteiger partial charge in [0.05, 0.1) is 54.8 Å². The number of nitrogens with zero attached hydrogens (tertiary/aromatic N) is 6. The number of benzene rings is 5. The Bertz CT molecular complexity index is 2970. The average Bonchev–Trinajstić information content (AvgIpc) is 3.14. The minimum atomic E-state index is -5.21. The van der Waals surface area contributed by atoms with Gasteiger partial charge in [0.25, 0.3) is 0 Å². The van der Waals surface area contributed by atoms with E-state index in [0.29, 0.717) is 5.56 Å². The zero-order valence-electron chi connectivity index (χ0n) is 33.7. The van der Waals surface area contributed by atoms with E-state index in [4.69, 9.17) is 11.5 Å². The molecule has 0 atom stereocenters. The summed E-state index contributed by atoms with van der Waals surface area (Å²) in [5.41, 5.74) is 11.7. The van der Waals surface area contributed by atoms with Crippen LogP contribution in [0.15, 0.2) is 124 Å². The SMILES string of the molecule is Cc1cc(N=Nc2ccc(S(=O)(=O)[O-])cc2)c(N)c(N=Nc2ccc(/C=C/c3ccc(N=Nc4cc(C)c(O)c(C(=O)[O-])c4)cc3S(=O)(=O)[O-])c(S(=O)(=O)[O-])c2)c1N.[Li+].[Li+].[Li+].[Li+]. The molecule has 0 aromatic heterocycles. The van der Waals surface area contributed by atoms with Crippen LogP contribution in [0.25, 0.3) is 12.2 Å². The molecule has 62 heavy (non-hydrogen) atoms. The van der Waals surface area contributed by atoms with Gasteiger partial charge in [0.15, 0.2) is 0 Å². The molecule has 0 bridgehead atoms. The van der Waals surface area contributed by atoms with Crippen molar-refractivity contribution in [2.24, 2.45) is 30.7 Å². The molecule has 20 nitrogen and oxygen atoms in total. The Balaban J connectivity index is 0.00000480. The minimum absolute atomic E-state index is 0. The van der Waals surface area contributed by atoms with Crippen molar-refractivity contribution >= 4 is 94.0 Å². The van der Waals surface area contributed by atoms with Crippen molar-refractivity contribution in [3.8, 4) is 5.75 Å². The number of aryl methyl sites for hydroxylation is 2. The number of hydrogen-bond donors (Lipinski definition) is 3. The second-order valence-corrected chi connectivity index (χ2v) is 16.1. The third-order valence-electron chi connectivity index (χ3n) is 7.99. The molecule has 5 aromatic carbocycles. The van der Waals surface area contributed by atoms with Gasteiger partial charge < -0.3 is 40.1 Å². The summed E-state index contributed by atoms with van der Waals surface area (Å²) >= 11 is 0. The number of rotatable bonds is 12. The first kappa shape index (κ1) is 55.6. The van der Waals surface area contributed by atoms with Gasteiger partial charge in [0.2, 0.25) is 0 Å². The summed E-state index contributed by atoms with van der Waals surface area (Å²) < 4.78 is 107. The number of phenols is 1. The summed E-state index contributed by atoms with van der Waals surface area (Å²) in [5.74, 6) is -2.22. The Morgan fingerprint density at radius 1 is 0.565 bits per heavy atom. The number of nitrogens with two attached hydrogens (primary N) is 2. The van der Waals surface area contributed by atoms with Crippen molar-refractivity contribution in [3.05, 3.63) is 107 Å². The fraction of sp³-hybridized carbons (Fsp3) is 0.0571. The van der Waals surface area contributed by atoms with E-state index in [9.17, 15) is 53.9 Å². The molecule has 0 aliphatic rings. The monoisotopic (exact) mass is 874 g/mol. The fourth-order valence-electron chi connectivity index (χ4n) is 5.05. The molecule has 0 saturated carbocycles. The van der Waals surface area contributed by atoms with Gasteiger partial charge in [-0.3, -0.25) is 0 Å². The predicted molar refractivity (Wildman–Crippen MR) is 202 cm³/mol. The largest absolute Gasteiger partial charge is 1.00 e. The molecule has 5 rings (SSSR count). The Morgan fingerprint density at radius 2 is 1.02 bits per heavy atom. The molecule has 300 valence electrons. The van der Waals surface area contributed by atoms with Crippen molar-refractivity contribution in [1.82, 2.24) is 0 Å². The van der Waals surface area contributed by atoms with Crippen LogP contribution < -0.4 is 92.0 Å². The van der Waals surface area contributed by atoms with E-state index in [1.165, 1.54) is 43.3 Å². The van der Waals surface area contributed by atoms with Crippen LogP contribution in [0.1, 0.15) is 32.6 Å². The first-order valence-corrected chi connectivity index (χ1v) is 20.2. The smallest absolute Gasteiger partial charge is 0.744 e. The van der Waals surface area contributed by atoms with E-state index in [1.54, 1.807) is 6.92 Å². The number of carbonyl (C=O) groups is 1. The van der Waals surface area contributed by atoms with E-state index < -0.39 is 62.3 Å². The molecule has 0 spiro atoms. The zero-order valence-corrected chi connectivity index (χ0v) is 36.1. The molecule has 5 N–H and O–H groups in total. The molecular weight excluding hydrogens is 848 g/mol. The van der Waals surface area contributed by atoms with Crippen molar-refractivity contribution in [3.63, 3.8) is 0 Å². The molecule has 0 heterocycles.